The Labute approximate surface area is 243 Å². The minimum Gasteiger partial charge on any atom is -0.352 e. The maximum atomic E-state index is 14.1. The molecule has 7 nitrogen and oxygen atoms in total. The van der Waals surface area contributed by atoms with Gasteiger partial charge in [0.1, 0.15) is 12.6 Å². The highest BCUT2D eigenvalue weighted by atomic mass is 35.5. The molecule has 40 heavy (non-hydrogen) atoms. The van der Waals surface area contributed by atoms with Crippen molar-refractivity contribution in [2.45, 2.75) is 71.5 Å². The van der Waals surface area contributed by atoms with Gasteiger partial charge in [0.25, 0.3) is 10.0 Å². The summed E-state index contributed by atoms with van der Waals surface area (Å²) in [5.41, 5.74) is 3.62. The summed E-state index contributed by atoms with van der Waals surface area (Å²) in [6.45, 7) is 10.7. The number of aryl methyl sites for hydroxylation is 3. The van der Waals surface area contributed by atoms with Crippen LogP contribution in [0.3, 0.4) is 0 Å². The molecule has 0 aliphatic rings. The Kier molecular flexibility index (Phi) is 10.4. The number of hydrogen-bond donors (Lipinski definition) is 1. The van der Waals surface area contributed by atoms with E-state index in [4.69, 9.17) is 11.6 Å². The summed E-state index contributed by atoms with van der Waals surface area (Å²) in [5.74, 6) is -0.826. The van der Waals surface area contributed by atoms with Gasteiger partial charge in [-0.2, -0.15) is 0 Å². The summed E-state index contributed by atoms with van der Waals surface area (Å²) in [6, 6.07) is 18.1. The number of benzene rings is 3. The zero-order valence-electron chi connectivity index (χ0n) is 23.9. The first kappa shape index (κ1) is 31.2. The monoisotopic (exact) mass is 583 g/mol. The molecule has 3 aromatic carbocycles. The van der Waals surface area contributed by atoms with E-state index >= 15 is 0 Å². The highest BCUT2D eigenvalue weighted by molar-refractivity contribution is 7.92. The van der Waals surface area contributed by atoms with Crippen LogP contribution in [-0.4, -0.2) is 43.8 Å². The molecule has 0 spiro atoms. The fraction of sp³-hybridized carbons (Fsp3) is 0.355. The standard InChI is InChI=1S/C31H38ClN3O4S/c1-7-24(5)33-31(37)25(6)34(19-26-9-8-10-27(32)18-26)30(36)20-35(29-17-22(3)11-14-23(29)4)40(38,39)28-15-12-21(2)13-16-28/h8-18,24-25H,7,19-20H2,1-6H3,(H,33,37)/t24-,25-/m1/s1. The molecule has 2 amide bonds. The van der Waals surface area contributed by atoms with Crippen LogP contribution in [-0.2, 0) is 26.2 Å². The third-order valence-corrected chi connectivity index (χ3v) is 8.94. The molecular formula is C31H38ClN3O4S. The number of nitrogens with one attached hydrogen (secondary N) is 1. The SMILES string of the molecule is CC[C@@H](C)NC(=O)[C@@H](C)N(Cc1cccc(Cl)c1)C(=O)CN(c1cc(C)ccc1C)S(=O)(=O)c1ccc(C)cc1. The summed E-state index contributed by atoms with van der Waals surface area (Å²) < 4.78 is 29.2. The highest BCUT2D eigenvalue weighted by Crippen LogP contribution is 2.29. The Bertz CT molecular complexity index is 1460. The third kappa shape index (κ3) is 7.64. The van der Waals surface area contributed by atoms with Crippen molar-refractivity contribution in [2.24, 2.45) is 0 Å². The molecule has 0 saturated heterocycles. The molecule has 0 radical (unpaired) electrons. The van der Waals surface area contributed by atoms with Gasteiger partial charge < -0.3 is 10.2 Å². The van der Waals surface area contributed by atoms with Gasteiger partial charge in [-0.1, -0.05) is 60.5 Å². The summed E-state index contributed by atoms with van der Waals surface area (Å²) in [4.78, 5) is 28.7. The number of sulfonamides is 1. The van der Waals surface area contributed by atoms with Crippen molar-refractivity contribution in [3.05, 3.63) is 94.0 Å². The molecule has 1 N–H and O–H groups in total. The molecule has 3 aromatic rings. The molecule has 2 atom stereocenters. The fourth-order valence-electron chi connectivity index (χ4n) is 4.22. The Morgan fingerprint density at radius 1 is 0.925 bits per heavy atom. The third-order valence-electron chi connectivity index (χ3n) is 6.93. The van der Waals surface area contributed by atoms with E-state index in [0.29, 0.717) is 16.3 Å². The number of halogens is 1. The van der Waals surface area contributed by atoms with Crippen LogP contribution in [0.5, 0.6) is 0 Å². The molecule has 9 heteroatoms. The first-order chi connectivity index (χ1) is 18.8. The second kappa shape index (κ2) is 13.3. The van der Waals surface area contributed by atoms with E-state index in [1.807, 2.05) is 52.8 Å². The van der Waals surface area contributed by atoms with Crippen LogP contribution in [0.25, 0.3) is 0 Å². The van der Waals surface area contributed by atoms with Crippen LogP contribution < -0.4 is 9.62 Å². The number of hydrogen-bond acceptors (Lipinski definition) is 4. The quantitative estimate of drug-likeness (QED) is 0.309. The highest BCUT2D eigenvalue weighted by Gasteiger charge is 2.33. The molecular weight excluding hydrogens is 546 g/mol. The number of carbonyl (C=O) groups excluding carboxylic acids is 2. The van der Waals surface area contributed by atoms with Crippen molar-refractivity contribution in [2.75, 3.05) is 10.8 Å². The predicted molar refractivity (Wildman–Crippen MR) is 161 cm³/mol. The molecule has 0 bridgehead atoms. The Morgan fingerprint density at radius 3 is 2.20 bits per heavy atom. The topological polar surface area (TPSA) is 86.8 Å². The van der Waals surface area contributed by atoms with E-state index in [-0.39, 0.29) is 23.4 Å². The van der Waals surface area contributed by atoms with Crippen LogP contribution in [0.15, 0.2) is 71.6 Å². The molecule has 214 valence electrons. The summed E-state index contributed by atoms with van der Waals surface area (Å²) in [5, 5.41) is 3.43. The van der Waals surface area contributed by atoms with Gasteiger partial charge >= 0.3 is 0 Å². The number of carbonyl (C=O) groups is 2. The first-order valence-corrected chi connectivity index (χ1v) is 15.2. The van der Waals surface area contributed by atoms with E-state index in [0.717, 1.165) is 27.4 Å². The molecule has 0 heterocycles. The maximum Gasteiger partial charge on any atom is 0.264 e. The zero-order valence-corrected chi connectivity index (χ0v) is 25.5. The number of anilines is 1. The van der Waals surface area contributed by atoms with Crippen LogP contribution in [0.4, 0.5) is 5.69 Å². The van der Waals surface area contributed by atoms with Crippen molar-refractivity contribution < 1.29 is 18.0 Å². The smallest absolute Gasteiger partial charge is 0.264 e. The van der Waals surface area contributed by atoms with Crippen LogP contribution in [0, 0.1) is 20.8 Å². The summed E-state index contributed by atoms with van der Waals surface area (Å²) in [6.07, 6.45) is 0.732. The van der Waals surface area contributed by atoms with Gasteiger partial charge in [0.15, 0.2) is 0 Å². The van der Waals surface area contributed by atoms with Gasteiger partial charge in [-0.05, 0) is 88.1 Å². The second-order valence-corrected chi connectivity index (χ2v) is 12.6. The van der Waals surface area contributed by atoms with E-state index in [9.17, 15) is 18.0 Å². The lowest BCUT2D eigenvalue weighted by Gasteiger charge is -2.33. The molecule has 0 saturated carbocycles. The van der Waals surface area contributed by atoms with Gasteiger partial charge in [-0.3, -0.25) is 13.9 Å². The molecule has 0 aliphatic carbocycles. The molecule has 0 aliphatic heterocycles. The Hall–Kier alpha value is -3.36. The molecule has 0 aromatic heterocycles. The molecule has 0 fully saturated rings. The van der Waals surface area contributed by atoms with Crippen molar-refractivity contribution in [3.8, 4) is 0 Å². The summed E-state index contributed by atoms with van der Waals surface area (Å²) in [7, 11) is -4.12. The maximum absolute atomic E-state index is 14.1. The lowest BCUT2D eigenvalue weighted by Crippen LogP contribution is -2.52. The first-order valence-electron chi connectivity index (χ1n) is 13.3. The average Bonchev–Trinajstić information content (AvgIpc) is 2.91. The van der Waals surface area contributed by atoms with Crippen molar-refractivity contribution in [3.63, 3.8) is 0 Å². The lowest BCUT2D eigenvalue weighted by molar-refractivity contribution is -0.139. The van der Waals surface area contributed by atoms with Gasteiger partial charge in [-0.25, -0.2) is 8.42 Å². The fourth-order valence-corrected chi connectivity index (χ4v) is 5.90. The van der Waals surface area contributed by atoms with Crippen LogP contribution >= 0.6 is 11.6 Å². The van der Waals surface area contributed by atoms with Gasteiger partial charge in [0, 0.05) is 17.6 Å². The normalized spacial score (nSPS) is 12.9. The number of amides is 2. The van der Waals surface area contributed by atoms with Crippen LogP contribution in [0.1, 0.15) is 49.4 Å². The Morgan fingerprint density at radius 2 is 1.57 bits per heavy atom. The summed E-state index contributed by atoms with van der Waals surface area (Å²) >= 11 is 6.20. The average molecular weight is 584 g/mol. The van der Waals surface area contributed by atoms with E-state index < -0.39 is 28.5 Å². The van der Waals surface area contributed by atoms with Crippen LogP contribution in [0.2, 0.25) is 5.02 Å². The van der Waals surface area contributed by atoms with E-state index in [1.165, 1.54) is 4.90 Å². The number of rotatable bonds is 11. The molecule has 3 rings (SSSR count). The minimum absolute atomic E-state index is 0.0774. The van der Waals surface area contributed by atoms with Gasteiger partial charge in [0.2, 0.25) is 11.8 Å². The predicted octanol–water partition coefficient (Wildman–Crippen LogP) is 5.79. The van der Waals surface area contributed by atoms with E-state index in [1.54, 1.807) is 55.5 Å². The lowest BCUT2D eigenvalue weighted by atomic mass is 10.1. The zero-order chi connectivity index (χ0) is 29.6. The minimum atomic E-state index is -4.12. The molecule has 0 unspecified atom stereocenters. The largest absolute Gasteiger partial charge is 0.352 e. The number of nitrogens with zero attached hydrogens (tertiary/aromatic N) is 2. The van der Waals surface area contributed by atoms with E-state index in [2.05, 4.69) is 5.32 Å². The second-order valence-electron chi connectivity index (χ2n) is 10.3. The Balaban J connectivity index is 2.07. The van der Waals surface area contributed by atoms with Gasteiger partial charge in [0.05, 0.1) is 10.6 Å². The van der Waals surface area contributed by atoms with Gasteiger partial charge in [-0.15, -0.1) is 0 Å². The van der Waals surface area contributed by atoms with Crippen molar-refractivity contribution >= 4 is 39.1 Å². The van der Waals surface area contributed by atoms with Crippen molar-refractivity contribution in [1.82, 2.24) is 10.2 Å². The van der Waals surface area contributed by atoms with Crippen molar-refractivity contribution in [1.29, 1.82) is 0 Å².